The minimum Gasteiger partial charge on any atom is -0.437 e. The first-order valence-electron chi connectivity index (χ1n) is 6.10. The molecule has 0 unspecified atom stereocenters. The molecular weight excluding hydrogens is 292 g/mol. The number of rotatable bonds is 3. The van der Waals surface area contributed by atoms with Gasteiger partial charge in [0.15, 0.2) is 5.58 Å². The maximum atomic E-state index is 10.7. The third kappa shape index (κ3) is 2.93. The second-order valence-electron chi connectivity index (χ2n) is 4.35. The molecule has 5 nitrogen and oxygen atoms in total. The van der Waals surface area contributed by atoms with E-state index >= 15 is 0 Å². The molecule has 3 rings (SSSR count). The summed E-state index contributed by atoms with van der Waals surface area (Å²) in [4.78, 5) is 14.6. The summed E-state index contributed by atoms with van der Waals surface area (Å²) in [5, 5.41) is 11.3. The summed E-state index contributed by atoms with van der Waals surface area (Å²) in [7, 11) is 0. The molecule has 0 bridgehead atoms. The third-order valence-corrected chi connectivity index (χ3v) is 3.10. The fraction of sp³-hybridized carbons (Fsp3) is 0. The van der Waals surface area contributed by atoms with Crippen LogP contribution in [-0.4, -0.2) is 9.91 Å². The van der Waals surface area contributed by atoms with Gasteiger partial charge in [-0.25, -0.2) is 4.98 Å². The van der Waals surface area contributed by atoms with Crippen molar-refractivity contribution in [2.45, 2.75) is 0 Å². The Balaban J connectivity index is 1.90. The van der Waals surface area contributed by atoms with E-state index in [4.69, 9.17) is 16.0 Å². The summed E-state index contributed by atoms with van der Waals surface area (Å²) in [6, 6.07) is 11.5. The highest BCUT2D eigenvalue weighted by Crippen LogP contribution is 2.21. The highest BCUT2D eigenvalue weighted by atomic mass is 35.5. The van der Waals surface area contributed by atoms with Crippen LogP contribution in [0.5, 0.6) is 0 Å². The van der Waals surface area contributed by atoms with Gasteiger partial charge in [-0.2, -0.15) is 0 Å². The predicted molar refractivity (Wildman–Crippen MR) is 81.0 cm³/mol. The molecule has 0 saturated heterocycles. The highest BCUT2D eigenvalue weighted by molar-refractivity contribution is 6.31. The van der Waals surface area contributed by atoms with Gasteiger partial charge < -0.3 is 4.42 Å². The molecule has 1 heterocycles. The molecule has 0 radical (unpaired) electrons. The lowest BCUT2D eigenvalue weighted by Crippen LogP contribution is -1.87. The average molecular weight is 301 g/mol. The van der Waals surface area contributed by atoms with Crippen LogP contribution in [0.3, 0.4) is 0 Å². The van der Waals surface area contributed by atoms with Crippen molar-refractivity contribution in [3.63, 3.8) is 0 Å². The SMILES string of the molecule is O=[N+]([O-])c1cccc(/C=C/c2nc3cc(Cl)ccc3o2)c1. The van der Waals surface area contributed by atoms with Gasteiger partial charge in [-0.3, -0.25) is 10.1 Å². The summed E-state index contributed by atoms with van der Waals surface area (Å²) in [5.41, 5.74) is 2.05. The Morgan fingerprint density at radius 2 is 2.05 bits per heavy atom. The first kappa shape index (κ1) is 13.3. The van der Waals surface area contributed by atoms with Crippen molar-refractivity contribution >= 4 is 40.5 Å². The molecule has 0 atom stereocenters. The Labute approximate surface area is 124 Å². The number of fused-ring (bicyclic) bond motifs is 1. The number of benzene rings is 2. The molecule has 0 saturated carbocycles. The number of aromatic nitrogens is 1. The van der Waals surface area contributed by atoms with Gasteiger partial charge in [0.05, 0.1) is 4.92 Å². The van der Waals surface area contributed by atoms with Crippen molar-refractivity contribution in [3.05, 3.63) is 69.1 Å². The van der Waals surface area contributed by atoms with Crippen LogP contribution in [0.1, 0.15) is 11.5 Å². The predicted octanol–water partition coefficient (Wildman–Crippen LogP) is 4.56. The van der Waals surface area contributed by atoms with Crippen molar-refractivity contribution < 1.29 is 9.34 Å². The molecular formula is C15H9ClN2O3. The summed E-state index contributed by atoms with van der Waals surface area (Å²) < 4.78 is 5.53. The Hall–Kier alpha value is -2.66. The van der Waals surface area contributed by atoms with E-state index < -0.39 is 4.92 Å². The number of nitro groups is 1. The van der Waals surface area contributed by atoms with Crippen LogP contribution in [0.2, 0.25) is 5.02 Å². The quantitative estimate of drug-likeness (QED) is 0.525. The van der Waals surface area contributed by atoms with Gasteiger partial charge in [-0.05, 0) is 29.8 Å². The molecule has 0 aliphatic rings. The van der Waals surface area contributed by atoms with Crippen LogP contribution in [0.4, 0.5) is 5.69 Å². The maximum Gasteiger partial charge on any atom is 0.270 e. The van der Waals surface area contributed by atoms with Crippen LogP contribution >= 0.6 is 11.6 Å². The van der Waals surface area contributed by atoms with Gasteiger partial charge in [0.25, 0.3) is 5.69 Å². The molecule has 3 aromatic rings. The van der Waals surface area contributed by atoms with Gasteiger partial charge in [0, 0.05) is 23.2 Å². The minimum atomic E-state index is -0.432. The number of hydrogen-bond donors (Lipinski definition) is 0. The normalized spacial score (nSPS) is 11.3. The number of halogens is 1. The van der Waals surface area contributed by atoms with Crippen molar-refractivity contribution in [3.8, 4) is 0 Å². The van der Waals surface area contributed by atoms with Gasteiger partial charge in [0.1, 0.15) is 5.52 Å². The number of nitro benzene ring substituents is 1. The fourth-order valence-electron chi connectivity index (χ4n) is 1.90. The number of non-ortho nitro benzene ring substituents is 1. The Morgan fingerprint density at radius 3 is 2.86 bits per heavy atom. The zero-order valence-corrected chi connectivity index (χ0v) is 11.4. The Kier molecular flexibility index (Phi) is 3.41. The van der Waals surface area contributed by atoms with E-state index in [9.17, 15) is 10.1 Å². The first-order chi connectivity index (χ1) is 10.1. The molecule has 104 valence electrons. The average Bonchev–Trinajstić information content (AvgIpc) is 2.87. The Bertz CT molecular complexity index is 855. The second-order valence-corrected chi connectivity index (χ2v) is 4.79. The van der Waals surface area contributed by atoms with Gasteiger partial charge >= 0.3 is 0 Å². The summed E-state index contributed by atoms with van der Waals surface area (Å²) >= 11 is 5.88. The molecule has 0 spiro atoms. The lowest BCUT2D eigenvalue weighted by atomic mass is 10.2. The number of nitrogens with zero attached hydrogens (tertiary/aromatic N) is 2. The van der Waals surface area contributed by atoms with E-state index in [0.717, 1.165) is 0 Å². The smallest absolute Gasteiger partial charge is 0.270 e. The largest absolute Gasteiger partial charge is 0.437 e. The van der Waals surface area contributed by atoms with E-state index in [-0.39, 0.29) is 5.69 Å². The zero-order valence-electron chi connectivity index (χ0n) is 10.7. The fourth-order valence-corrected chi connectivity index (χ4v) is 2.07. The molecule has 0 aliphatic carbocycles. The lowest BCUT2D eigenvalue weighted by molar-refractivity contribution is -0.384. The monoisotopic (exact) mass is 300 g/mol. The van der Waals surface area contributed by atoms with E-state index in [0.29, 0.717) is 27.6 Å². The molecule has 0 fully saturated rings. The van der Waals surface area contributed by atoms with Crippen molar-refractivity contribution in [1.29, 1.82) is 0 Å². The van der Waals surface area contributed by atoms with Crippen LogP contribution in [-0.2, 0) is 0 Å². The topological polar surface area (TPSA) is 69.2 Å². The maximum absolute atomic E-state index is 10.7. The zero-order chi connectivity index (χ0) is 14.8. The van der Waals surface area contributed by atoms with Crippen molar-refractivity contribution in [2.24, 2.45) is 0 Å². The number of oxazole rings is 1. The van der Waals surface area contributed by atoms with Crippen LogP contribution in [0, 0.1) is 10.1 Å². The van der Waals surface area contributed by atoms with Crippen LogP contribution in [0.15, 0.2) is 46.9 Å². The standard InChI is InChI=1S/C15H9ClN2O3/c16-11-5-6-14-13(9-11)17-15(21-14)7-4-10-2-1-3-12(8-10)18(19)20/h1-9H/b7-4+. The minimum absolute atomic E-state index is 0.0431. The van der Waals surface area contributed by atoms with Gasteiger partial charge in [-0.15, -0.1) is 0 Å². The van der Waals surface area contributed by atoms with E-state index in [1.807, 2.05) is 0 Å². The van der Waals surface area contributed by atoms with Crippen molar-refractivity contribution in [1.82, 2.24) is 4.98 Å². The van der Waals surface area contributed by atoms with E-state index in [2.05, 4.69) is 4.98 Å². The molecule has 21 heavy (non-hydrogen) atoms. The molecule has 1 aromatic heterocycles. The van der Waals surface area contributed by atoms with Gasteiger partial charge in [0.2, 0.25) is 5.89 Å². The number of hydrogen-bond acceptors (Lipinski definition) is 4. The molecule has 0 N–H and O–H groups in total. The highest BCUT2D eigenvalue weighted by Gasteiger charge is 2.05. The summed E-state index contributed by atoms with van der Waals surface area (Å²) in [6.07, 6.45) is 3.37. The molecule has 0 aliphatic heterocycles. The first-order valence-corrected chi connectivity index (χ1v) is 6.48. The molecule has 0 amide bonds. The van der Waals surface area contributed by atoms with Crippen molar-refractivity contribution in [2.75, 3.05) is 0 Å². The van der Waals surface area contributed by atoms with Gasteiger partial charge in [-0.1, -0.05) is 23.7 Å². The van der Waals surface area contributed by atoms with Crippen LogP contribution in [0.25, 0.3) is 23.3 Å². The summed E-state index contributed by atoms with van der Waals surface area (Å²) in [5.74, 6) is 0.416. The van der Waals surface area contributed by atoms with E-state index in [1.54, 1.807) is 42.5 Å². The van der Waals surface area contributed by atoms with E-state index in [1.165, 1.54) is 12.1 Å². The van der Waals surface area contributed by atoms with Crippen LogP contribution < -0.4 is 0 Å². The summed E-state index contributed by atoms with van der Waals surface area (Å²) in [6.45, 7) is 0. The molecule has 6 heteroatoms. The lowest BCUT2D eigenvalue weighted by Gasteiger charge is -1.93. The molecule has 2 aromatic carbocycles. The Morgan fingerprint density at radius 1 is 1.19 bits per heavy atom. The second kappa shape index (κ2) is 5.38. The third-order valence-electron chi connectivity index (χ3n) is 2.87.